The summed E-state index contributed by atoms with van der Waals surface area (Å²) in [4.78, 5) is 0. The predicted octanol–water partition coefficient (Wildman–Crippen LogP) is 2.02. The highest BCUT2D eigenvalue weighted by Gasteiger charge is 2.55. The fraction of sp³-hybridized carbons (Fsp3) is 1.00. The van der Waals surface area contributed by atoms with Crippen molar-refractivity contribution < 1.29 is 31.6 Å². The van der Waals surface area contributed by atoms with E-state index in [4.69, 9.17) is 9.29 Å². The fourth-order valence-corrected chi connectivity index (χ4v) is 5.12. The molecule has 21 heavy (non-hydrogen) atoms. The molecule has 0 aromatic heterocycles. The second kappa shape index (κ2) is 4.84. The van der Waals surface area contributed by atoms with Gasteiger partial charge in [0.25, 0.3) is 0 Å². The first-order valence-electron chi connectivity index (χ1n) is 7.26. The van der Waals surface area contributed by atoms with E-state index in [9.17, 15) is 22.3 Å². The van der Waals surface area contributed by atoms with Crippen molar-refractivity contribution in [3.63, 3.8) is 0 Å². The molecule has 4 bridgehead atoms. The lowest BCUT2D eigenvalue weighted by molar-refractivity contribution is -0.241. The normalized spacial score (nSPS) is 40.5. The molecular weight excluding hydrogens is 306 g/mol. The van der Waals surface area contributed by atoms with E-state index in [2.05, 4.69) is 0 Å². The van der Waals surface area contributed by atoms with Crippen molar-refractivity contribution in [1.29, 1.82) is 0 Å². The van der Waals surface area contributed by atoms with Crippen LogP contribution in [-0.2, 0) is 14.9 Å². The van der Waals surface area contributed by atoms with E-state index in [1.807, 2.05) is 0 Å². The zero-order chi connectivity index (χ0) is 15.5. The summed E-state index contributed by atoms with van der Waals surface area (Å²) < 4.78 is 60.7. The number of halogens is 2. The molecule has 1 atom stereocenters. The zero-order valence-electron chi connectivity index (χ0n) is 11.5. The van der Waals surface area contributed by atoms with Crippen LogP contribution in [0.5, 0.6) is 0 Å². The maximum atomic E-state index is 13.2. The number of rotatable bonds is 5. The molecular formula is C13H20F2O5S. The van der Waals surface area contributed by atoms with Crippen LogP contribution < -0.4 is 0 Å². The van der Waals surface area contributed by atoms with Gasteiger partial charge in [-0.1, -0.05) is 0 Å². The molecule has 8 heteroatoms. The molecule has 0 aromatic carbocycles. The van der Waals surface area contributed by atoms with E-state index in [0.29, 0.717) is 17.8 Å². The summed E-state index contributed by atoms with van der Waals surface area (Å²) in [6.07, 6.45) is 4.24. The number of hydrogen-bond acceptors (Lipinski definition) is 4. The lowest BCUT2D eigenvalue weighted by Crippen LogP contribution is -2.53. The molecule has 4 saturated carbocycles. The third kappa shape index (κ3) is 2.71. The van der Waals surface area contributed by atoms with Gasteiger partial charge in [0, 0.05) is 5.41 Å². The SMILES string of the molecule is O=S(=O)(O)C(F)(F)COC(O)C12CC3CC(CC(C3)C1)C2. The Balaban J connectivity index is 1.67. The second-order valence-corrected chi connectivity index (χ2v) is 8.60. The van der Waals surface area contributed by atoms with Crippen LogP contribution in [0.4, 0.5) is 8.78 Å². The predicted molar refractivity (Wildman–Crippen MR) is 69.1 cm³/mol. The van der Waals surface area contributed by atoms with Crippen molar-refractivity contribution in [3.05, 3.63) is 0 Å². The second-order valence-electron chi connectivity index (χ2n) is 7.06. The van der Waals surface area contributed by atoms with E-state index < -0.39 is 33.7 Å². The summed E-state index contributed by atoms with van der Waals surface area (Å²) in [5.41, 5.74) is -0.524. The third-order valence-electron chi connectivity index (χ3n) is 5.40. The first kappa shape index (κ1) is 15.6. The highest BCUT2D eigenvalue weighted by molar-refractivity contribution is 7.86. The lowest BCUT2D eigenvalue weighted by Gasteiger charge is -2.57. The third-order valence-corrected chi connectivity index (χ3v) is 6.27. The Hall–Kier alpha value is -0.310. The van der Waals surface area contributed by atoms with Crippen molar-refractivity contribution in [3.8, 4) is 0 Å². The average Bonchev–Trinajstić information content (AvgIpc) is 2.32. The largest absolute Gasteiger partial charge is 0.392 e. The minimum atomic E-state index is -5.52. The highest BCUT2D eigenvalue weighted by Crippen LogP contribution is 2.61. The Morgan fingerprint density at radius 2 is 1.57 bits per heavy atom. The van der Waals surface area contributed by atoms with Gasteiger partial charge in [-0.3, -0.25) is 4.55 Å². The molecule has 122 valence electrons. The van der Waals surface area contributed by atoms with E-state index in [0.717, 1.165) is 38.5 Å². The fourth-order valence-electron chi connectivity index (χ4n) is 4.91. The van der Waals surface area contributed by atoms with Gasteiger partial charge in [0.2, 0.25) is 0 Å². The number of alkyl halides is 2. The van der Waals surface area contributed by atoms with Crippen LogP contribution in [0, 0.1) is 23.2 Å². The van der Waals surface area contributed by atoms with Gasteiger partial charge in [0.1, 0.15) is 6.61 Å². The Morgan fingerprint density at radius 3 is 1.95 bits per heavy atom. The standard InChI is InChI=1S/C13H20F2O5S/c14-13(15,21(17,18)19)7-20-11(16)12-4-8-1-9(5-12)3-10(2-8)6-12/h8-11,16H,1-7H2,(H,17,18,19). The zero-order valence-corrected chi connectivity index (χ0v) is 12.4. The molecule has 5 nitrogen and oxygen atoms in total. The molecule has 0 aromatic rings. The van der Waals surface area contributed by atoms with Crippen molar-refractivity contribution >= 4 is 10.1 Å². The van der Waals surface area contributed by atoms with Crippen LogP contribution in [0.1, 0.15) is 38.5 Å². The van der Waals surface area contributed by atoms with Crippen molar-refractivity contribution in [2.45, 2.75) is 50.1 Å². The van der Waals surface area contributed by atoms with Gasteiger partial charge in [0.15, 0.2) is 6.29 Å². The minimum absolute atomic E-state index is 0.511. The molecule has 0 radical (unpaired) electrons. The van der Waals surface area contributed by atoms with Crippen molar-refractivity contribution in [1.82, 2.24) is 0 Å². The van der Waals surface area contributed by atoms with Crippen LogP contribution in [-0.4, -0.2) is 36.2 Å². The molecule has 2 N–H and O–H groups in total. The molecule has 0 aliphatic heterocycles. The molecule has 4 aliphatic rings. The summed E-state index contributed by atoms with van der Waals surface area (Å²) in [5, 5.41) is 5.82. The Morgan fingerprint density at radius 1 is 1.14 bits per heavy atom. The maximum absolute atomic E-state index is 13.2. The monoisotopic (exact) mass is 326 g/mol. The number of aliphatic hydroxyl groups is 1. The quantitative estimate of drug-likeness (QED) is 0.596. The van der Waals surface area contributed by atoms with Crippen LogP contribution in [0.15, 0.2) is 0 Å². The smallest absolute Gasteiger partial charge is 0.367 e. The molecule has 4 fully saturated rings. The molecule has 0 saturated heterocycles. The summed E-state index contributed by atoms with van der Waals surface area (Å²) in [6.45, 7) is -1.52. The van der Waals surface area contributed by atoms with Gasteiger partial charge in [-0.15, -0.1) is 0 Å². The highest BCUT2D eigenvalue weighted by atomic mass is 32.2. The van der Waals surface area contributed by atoms with Crippen molar-refractivity contribution in [2.75, 3.05) is 6.61 Å². The van der Waals surface area contributed by atoms with Crippen LogP contribution >= 0.6 is 0 Å². The van der Waals surface area contributed by atoms with E-state index in [-0.39, 0.29) is 0 Å². The number of ether oxygens (including phenoxy) is 1. The first-order valence-corrected chi connectivity index (χ1v) is 8.70. The summed E-state index contributed by atoms with van der Waals surface area (Å²) >= 11 is 0. The van der Waals surface area contributed by atoms with Crippen LogP contribution in [0.25, 0.3) is 0 Å². The van der Waals surface area contributed by atoms with E-state index in [1.165, 1.54) is 0 Å². The minimum Gasteiger partial charge on any atom is -0.367 e. The molecule has 0 amide bonds. The Bertz CT molecular complexity index is 483. The van der Waals surface area contributed by atoms with Gasteiger partial charge in [-0.25, -0.2) is 0 Å². The maximum Gasteiger partial charge on any atom is 0.392 e. The average molecular weight is 326 g/mol. The molecule has 4 aliphatic carbocycles. The lowest BCUT2D eigenvalue weighted by atomic mass is 9.49. The topological polar surface area (TPSA) is 83.8 Å². The first-order chi connectivity index (χ1) is 9.61. The molecule has 1 unspecified atom stereocenters. The van der Waals surface area contributed by atoms with Crippen LogP contribution in [0.2, 0.25) is 0 Å². The van der Waals surface area contributed by atoms with E-state index in [1.54, 1.807) is 0 Å². The Kier molecular flexibility index (Phi) is 3.59. The molecule has 0 spiro atoms. The molecule has 0 heterocycles. The van der Waals surface area contributed by atoms with Gasteiger partial charge >= 0.3 is 15.4 Å². The Labute approximate surface area is 122 Å². The van der Waals surface area contributed by atoms with Crippen molar-refractivity contribution in [2.24, 2.45) is 23.2 Å². The van der Waals surface area contributed by atoms with Gasteiger partial charge in [0.05, 0.1) is 0 Å². The number of aliphatic hydroxyl groups excluding tert-OH is 1. The van der Waals surface area contributed by atoms with Crippen LogP contribution in [0.3, 0.4) is 0 Å². The number of hydrogen-bond donors (Lipinski definition) is 2. The van der Waals surface area contributed by atoms with Gasteiger partial charge in [-0.2, -0.15) is 17.2 Å². The summed E-state index contributed by atoms with van der Waals surface area (Å²) in [7, 11) is -5.52. The summed E-state index contributed by atoms with van der Waals surface area (Å²) in [5.74, 6) is 1.53. The summed E-state index contributed by atoms with van der Waals surface area (Å²) in [6, 6.07) is 0. The van der Waals surface area contributed by atoms with Gasteiger partial charge in [-0.05, 0) is 56.3 Å². The molecule has 4 rings (SSSR count). The van der Waals surface area contributed by atoms with E-state index >= 15 is 0 Å². The van der Waals surface area contributed by atoms with Gasteiger partial charge < -0.3 is 9.84 Å².